The first kappa shape index (κ1) is 26.1. The summed E-state index contributed by atoms with van der Waals surface area (Å²) in [5, 5.41) is 2.94. The molecule has 0 fully saturated rings. The van der Waals surface area contributed by atoms with Crippen LogP contribution in [0.4, 0.5) is 0 Å². The molecule has 3 N–H and O–H groups in total. The standard InChI is InChI=1S/C16H37N3O5P2/c1-7-16(2,17)10-11-18-15(20)9-8-12-19(13-25(21-3)22-4)14-26(23-5)24-6/h7-14,17H2,1-6H3,(H,18,20). The van der Waals surface area contributed by atoms with Crippen molar-refractivity contribution in [3.63, 3.8) is 0 Å². The van der Waals surface area contributed by atoms with Crippen molar-refractivity contribution in [2.24, 2.45) is 5.73 Å². The van der Waals surface area contributed by atoms with E-state index < -0.39 is 16.8 Å². The van der Waals surface area contributed by atoms with Gasteiger partial charge in [-0.3, -0.25) is 9.69 Å². The molecule has 0 saturated heterocycles. The van der Waals surface area contributed by atoms with Gasteiger partial charge in [-0.1, -0.05) is 6.92 Å². The molecule has 26 heavy (non-hydrogen) atoms. The second kappa shape index (κ2) is 15.1. The molecule has 1 unspecified atom stereocenters. The van der Waals surface area contributed by atoms with Crippen molar-refractivity contribution in [3.05, 3.63) is 0 Å². The van der Waals surface area contributed by atoms with Crippen molar-refractivity contribution in [3.8, 4) is 0 Å². The molecule has 0 rings (SSSR count). The number of hydrogen-bond acceptors (Lipinski definition) is 7. The first-order valence-corrected chi connectivity index (χ1v) is 11.5. The largest absolute Gasteiger partial charge is 0.356 e. The monoisotopic (exact) mass is 413 g/mol. The number of hydrogen-bond donors (Lipinski definition) is 2. The molecule has 0 aliphatic rings. The third-order valence-corrected chi connectivity index (χ3v) is 7.04. The van der Waals surface area contributed by atoms with Gasteiger partial charge in [0.1, 0.15) is 0 Å². The average molecular weight is 413 g/mol. The second-order valence-corrected chi connectivity index (χ2v) is 9.64. The Morgan fingerprint density at radius 3 is 2.00 bits per heavy atom. The second-order valence-electron chi connectivity index (χ2n) is 6.28. The third-order valence-electron chi connectivity index (χ3n) is 4.15. The van der Waals surface area contributed by atoms with Gasteiger partial charge in [-0.15, -0.1) is 0 Å². The van der Waals surface area contributed by atoms with Crippen LogP contribution < -0.4 is 11.1 Å². The van der Waals surface area contributed by atoms with Crippen LogP contribution in [-0.2, 0) is 22.9 Å². The minimum Gasteiger partial charge on any atom is -0.356 e. The Labute approximate surface area is 161 Å². The van der Waals surface area contributed by atoms with E-state index in [4.69, 9.17) is 23.8 Å². The molecule has 1 amide bonds. The summed E-state index contributed by atoms with van der Waals surface area (Å²) in [5.41, 5.74) is 5.86. The number of carbonyl (C=O) groups is 1. The summed E-state index contributed by atoms with van der Waals surface area (Å²) >= 11 is 0. The molecule has 8 nitrogen and oxygen atoms in total. The molecule has 0 heterocycles. The van der Waals surface area contributed by atoms with Gasteiger partial charge >= 0.3 is 0 Å². The first-order chi connectivity index (χ1) is 12.3. The Hall–Kier alpha value is 0.0900. The van der Waals surface area contributed by atoms with Crippen LogP contribution in [0.2, 0.25) is 0 Å². The number of amides is 1. The lowest BCUT2D eigenvalue weighted by atomic mass is 9.96. The van der Waals surface area contributed by atoms with Crippen molar-refractivity contribution in [1.29, 1.82) is 0 Å². The van der Waals surface area contributed by atoms with Crippen LogP contribution in [0.5, 0.6) is 0 Å². The van der Waals surface area contributed by atoms with Crippen LogP contribution in [0.1, 0.15) is 39.5 Å². The van der Waals surface area contributed by atoms with Gasteiger partial charge in [0.15, 0.2) is 16.8 Å². The predicted molar refractivity (Wildman–Crippen MR) is 108 cm³/mol. The fourth-order valence-electron chi connectivity index (χ4n) is 2.11. The molecular weight excluding hydrogens is 376 g/mol. The van der Waals surface area contributed by atoms with E-state index in [9.17, 15) is 4.79 Å². The highest BCUT2D eigenvalue weighted by atomic mass is 31.2. The average Bonchev–Trinajstić information content (AvgIpc) is 2.63. The molecule has 0 bridgehead atoms. The van der Waals surface area contributed by atoms with E-state index in [-0.39, 0.29) is 11.4 Å². The summed E-state index contributed by atoms with van der Waals surface area (Å²) in [6.07, 6.45) is 4.18. The molecule has 0 saturated carbocycles. The van der Waals surface area contributed by atoms with Gasteiger partial charge in [0.25, 0.3) is 0 Å². The van der Waals surface area contributed by atoms with Crippen LogP contribution in [0, 0.1) is 0 Å². The highest BCUT2D eigenvalue weighted by molar-refractivity contribution is 7.48. The summed E-state index contributed by atoms with van der Waals surface area (Å²) < 4.78 is 21.3. The number of carbonyl (C=O) groups excluding carboxylic acids is 1. The van der Waals surface area contributed by atoms with Crippen LogP contribution >= 0.6 is 16.8 Å². The third kappa shape index (κ3) is 12.5. The van der Waals surface area contributed by atoms with Crippen LogP contribution in [-0.4, -0.2) is 70.4 Å². The van der Waals surface area contributed by atoms with E-state index in [0.29, 0.717) is 25.5 Å². The van der Waals surface area contributed by atoms with Gasteiger partial charge in [-0.2, -0.15) is 0 Å². The van der Waals surface area contributed by atoms with Gasteiger partial charge < -0.3 is 29.1 Å². The number of nitrogens with one attached hydrogen (secondary N) is 1. The van der Waals surface area contributed by atoms with Crippen molar-refractivity contribution >= 4 is 22.7 Å². The highest BCUT2D eigenvalue weighted by Crippen LogP contribution is 2.41. The predicted octanol–water partition coefficient (Wildman–Crippen LogP) is 2.83. The van der Waals surface area contributed by atoms with Gasteiger partial charge in [0.05, 0.1) is 12.6 Å². The van der Waals surface area contributed by atoms with Crippen LogP contribution in [0.15, 0.2) is 0 Å². The first-order valence-electron chi connectivity index (χ1n) is 8.81. The Morgan fingerprint density at radius 2 is 1.58 bits per heavy atom. The quantitative estimate of drug-likeness (QED) is 0.376. The van der Waals surface area contributed by atoms with Crippen molar-refractivity contribution < 1.29 is 22.9 Å². The Balaban J connectivity index is 4.30. The molecule has 10 heteroatoms. The molecular formula is C16H37N3O5P2. The summed E-state index contributed by atoms with van der Waals surface area (Å²) in [5.74, 6) is 0.0540. The maximum Gasteiger partial charge on any atom is 0.220 e. The number of rotatable bonds is 16. The lowest BCUT2D eigenvalue weighted by Crippen LogP contribution is -2.39. The topological polar surface area (TPSA) is 95.3 Å². The van der Waals surface area contributed by atoms with Crippen molar-refractivity contribution in [2.75, 3.05) is 54.1 Å². The molecule has 1 atom stereocenters. The van der Waals surface area contributed by atoms with Crippen molar-refractivity contribution in [2.45, 2.75) is 45.1 Å². The molecule has 0 aromatic carbocycles. The van der Waals surface area contributed by atoms with Gasteiger partial charge in [0, 0.05) is 46.9 Å². The maximum absolute atomic E-state index is 12.0. The van der Waals surface area contributed by atoms with Crippen LogP contribution in [0.3, 0.4) is 0 Å². The molecule has 156 valence electrons. The smallest absolute Gasteiger partial charge is 0.220 e. The minimum absolute atomic E-state index is 0.0540. The van der Waals surface area contributed by atoms with E-state index in [2.05, 4.69) is 17.1 Å². The molecule has 0 aliphatic heterocycles. The molecule has 0 aromatic rings. The van der Waals surface area contributed by atoms with Crippen LogP contribution in [0.25, 0.3) is 0 Å². The Morgan fingerprint density at radius 1 is 1.08 bits per heavy atom. The summed E-state index contributed by atoms with van der Waals surface area (Å²) in [6.45, 7) is 5.42. The molecule has 0 radical (unpaired) electrons. The van der Waals surface area contributed by atoms with Gasteiger partial charge in [0.2, 0.25) is 5.91 Å². The highest BCUT2D eigenvalue weighted by Gasteiger charge is 2.19. The maximum atomic E-state index is 12.0. The minimum atomic E-state index is -0.982. The Kier molecular flexibility index (Phi) is 15.1. The SMILES string of the molecule is CCC(C)(N)CCNC(=O)CCCN(CP(OC)OC)CP(OC)OC. The van der Waals surface area contributed by atoms with E-state index in [0.717, 1.165) is 25.8 Å². The van der Waals surface area contributed by atoms with E-state index >= 15 is 0 Å². The van der Waals surface area contributed by atoms with Gasteiger partial charge in [-0.25, -0.2) is 0 Å². The van der Waals surface area contributed by atoms with E-state index in [1.54, 1.807) is 28.4 Å². The molecule has 0 aliphatic carbocycles. The summed E-state index contributed by atoms with van der Waals surface area (Å²) in [7, 11) is 4.58. The molecule has 0 spiro atoms. The summed E-state index contributed by atoms with van der Waals surface area (Å²) in [4.78, 5) is 14.2. The number of nitrogens with two attached hydrogens (primary N) is 1. The fraction of sp³-hybridized carbons (Fsp3) is 0.938. The normalized spacial score (nSPS) is 14.2. The Bertz CT molecular complexity index is 356. The molecule has 0 aromatic heterocycles. The van der Waals surface area contributed by atoms with E-state index in [1.807, 2.05) is 6.92 Å². The lowest BCUT2D eigenvalue weighted by molar-refractivity contribution is -0.121. The zero-order valence-corrected chi connectivity index (χ0v) is 18.9. The fourth-order valence-corrected chi connectivity index (χ4v) is 4.16. The lowest BCUT2D eigenvalue weighted by Gasteiger charge is -2.27. The van der Waals surface area contributed by atoms with Gasteiger partial charge in [-0.05, 0) is 32.7 Å². The van der Waals surface area contributed by atoms with E-state index in [1.165, 1.54) is 0 Å². The van der Waals surface area contributed by atoms with Crippen molar-refractivity contribution in [1.82, 2.24) is 10.2 Å². The number of nitrogens with zero attached hydrogens (tertiary/aromatic N) is 1. The zero-order chi connectivity index (χ0) is 20.0. The zero-order valence-electron chi connectivity index (χ0n) is 17.1. The summed E-state index contributed by atoms with van der Waals surface area (Å²) in [6, 6.07) is 0.